The fourth-order valence-corrected chi connectivity index (χ4v) is 1.81. The lowest BCUT2D eigenvalue weighted by Crippen LogP contribution is -1.75. The molecule has 0 saturated heterocycles. The number of furan rings is 1. The van der Waals surface area contributed by atoms with Gasteiger partial charge in [-0.25, -0.2) is 4.98 Å². The first-order valence-corrected chi connectivity index (χ1v) is 5.54. The van der Waals surface area contributed by atoms with Gasteiger partial charge < -0.3 is 14.5 Å². The van der Waals surface area contributed by atoms with E-state index in [4.69, 9.17) is 4.42 Å². The number of phenols is 1. The maximum atomic E-state index is 9.38. The number of fused-ring (bicyclic) bond motifs is 1. The van der Waals surface area contributed by atoms with Crippen LogP contribution in [-0.4, -0.2) is 15.1 Å². The molecule has 3 rings (SSSR count). The lowest BCUT2D eigenvalue weighted by atomic mass is 10.3. The number of H-pyrrole nitrogens is 1. The van der Waals surface area contributed by atoms with E-state index in [9.17, 15) is 5.11 Å². The third kappa shape index (κ3) is 1.67. The Morgan fingerprint density at radius 1 is 1.29 bits per heavy atom. The minimum atomic E-state index is 0.224. The van der Waals surface area contributed by atoms with Gasteiger partial charge in [0.1, 0.15) is 11.5 Å². The molecule has 0 amide bonds. The van der Waals surface area contributed by atoms with Gasteiger partial charge in [-0.15, -0.1) is 0 Å². The summed E-state index contributed by atoms with van der Waals surface area (Å²) in [6.45, 7) is 2.04. The van der Waals surface area contributed by atoms with Crippen LogP contribution >= 0.6 is 0 Å². The van der Waals surface area contributed by atoms with Crippen molar-refractivity contribution < 1.29 is 9.52 Å². The summed E-state index contributed by atoms with van der Waals surface area (Å²) < 4.78 is 5.62. The smallest absolute Gasteiger partial charge is 0.174 e. The average Bonchev–Trinajstić information content (AvgIpc) is 2.93. The number of aryl methyl sites for hydroxylation is 1. The molecule has 0 radical (unpaired) electrons. The van der Waals surface area contributed by atoms with E-state index in [2.05, 4.69) is 9.97 Å². The third-order valence-corrected chi connectivity index (χ3v) is 2.71. The number of nitrogens with one attached hydrogen (secondary N) is 1. The molecule has 2 aromatic heterocycles. The van der Waals surface area contributed by atoms with Crippen molar-refractivity contribution in [3.05, 3.63) is 36.1 Å². The summed E-state index contributed by atoms with van der Waals surface area (Å²) in [6.07, 6.45) is 0.862. The van der Waals surface area contributed by atoms with Crippen LogP contribution in [0.1, 0.15) is 12.7 Å². The number of aromatic hydroxyl groups is 1. The molecule has 17 heavy (non-hydrogen) atoms. The Morgan fingerprint density at radius 3 is 2.94 bits per heavy atom. The summed E-state index contributed by atoms with van der Waals surface area (Å²) in [5, 5.41) is 9.38. The molecule has 0 aliphatic rings. The molecule has 0 fully saturated rings. The zero-order chi connectivity index (χ0) is 11.8. The normalized spacial score (nSPS) is 11.1. The van der Waals surface area contributed by atoms with Gasteiger partial charge in [-0.2, -0.15) is 0 Å². The van der Waals surface area contributed by atoms with Crippen molar-refractivity contribution in [1.29, 1.82) is 0 Å². The highest BCUT2D eigenvalue weighted by atomic mass is 16.3. The van der Waals surface area contributed by atoms with Crippen molar-refractivity contribution in [2.75, 3.05) is 0 Å². The molecule has 2 N–H and O–H groups in total. The van der Waals surface area contributed by atoms with Gasteiger partial charge in [-0.1, -0.05) is 6.92 Å². The van der Waals surface area contributed by atoms with Crippen molar-refractivity contribution in [3.8, 4) is 17.3 Å². The van der Waals surface area contributed by atoms with Crippen LogP contribution in [-0.2, 0) is 6.42 Å². The second-order valence-electron chi connectivity index (χ2n) is 3.91. The summed E-state index contributed by atoms with van der Waals surface area (Å²) in [5.74, 6) is 2.56. The Hall–Kier alpha value is -2.23. The van der Waals surface area contributed by atoms with Gasteiger partial charge in [0.05, 0.1) is 11.0 Å². The van der Waals surface area contributed by atoms with Crippen LogP contribution in [0.5, 0.6) is 5.75 Å². The quantitative estimate of drug-likeness (QED) is 0.708. The van der Waals surface area contributed by atoms with Crippen LogP contribution in [0.3, 0.4) is 0 Å². The molecule has 0 aliphatic carbocycles. The molecule has 0 unspecified atom stereocenters. The molecule has 1 aromatic carbocycles. The molecule has 4 heteroatoms. The van der Waals surface area contributed by atoms with Crippen molar-refractivity contribution in [3.63, 3.8) is 0 Å². The molecule has 0 spiro atoms. The molecular weight excluding hydrogens is 216 g/mol. The minimum absolute atomic E-state index is 0.224. The summed E-state index contributed by atoms with van der Waals surface area (Å²) in [6, 6.07) is 8.88. The number of nitrogens with zero attached hydrogens (tertiary/aromatic N) is 1. The molecule has 0 atom stereocenters. The lowest BCUT2D eigenvalue weighted by Gasteiger charge is -1.90. The van der Waals surface area contributed by atoms with Crippen molar-refractivity contribution in [1.82, 2.24) is 9.97 Å². The number of rotatable bonds is 2. The van der Waals surface area contributed by atoms with Crippen LogP contribution in [0.15, 0.2) is 34.7 Å². The number of benzene rings is 1. The fourth-order valence-electron chi connectivity index (χ4n) is 1.81. The number of hydrogen-bond donors (Lipinski definition) is 2. The predicted molar refractivity (Wildman–Crippen MR) is 64.8 cm³/mol. The van der Waals surface area contributed by atoms with Crippen molar-refractivity contribution in [2.24, 2.45) is 0 Å². The number of aromatic amines is 1. The maximum absolute atomic E-state index is 9.38. The first kappa shape index (κ1) is 9.96. The minimum Gasteiger partial charge on any atom is -0.508 e. The van der Waals surface area contributed by atoms with E-state index < -0.39 is 0 Å². The van der Waals surface area contributed by atoms with Gasteiger partial charge in [0.15, 0.2) is 11.6 Å². The zero-order valence-corrected chi connectivity index (χ0v) is 9.40. The van der Waals surface area contributed by atoms with E-state index >= 15 is 0 Å². The van der Waals surface area contributed by atoms with Crippen LogP contribution < -0.4 is 0 Å². The second-order valence-corrected chi connectivity index (χ2v) is 3.91. The summed E-state index contributed by atoms with van der Waals surface area (Å²) in [7, 11) is 0. The van der Waals surface area contributed by atoms with Crippen LogP contribution in [0.2, 0.25) is 0 Å². The van der Waals surface area contributed by atoms with Crippen LogP contribution in [0, 0.1) is 0 Å². The van der Waals surface area contributed by atoms with Gasteiger partial charge >= 0.3 is 0 Å². The Bertz CT molecular complexity index is 667. The van der Waals surface area contributed by atoms with E-state index in [0.717, 1.165) is 29.0 Å². The van der Waals surface area contributed by atoms with E-state index in [1.54, 1.807) is 18.2 Å². The first-order valence-electron chi connectivity index (χ1n) is 5.54. The fraction of sp³-hybridized carbons (Fsp3) is 0.154. The molecule has 0 aliphatic heterocycles. The number of imidazole rings is 1. The van der Waals surface area contributed by atoms with Gasteiger partial charge in [-0.05, 0) is 24.3 Å². The van der Waals surface area contributed by atoms with Gasteiger partial charge in [0.2, 0.25) is 0 Å². The Morgan fingerprint density at radius 2 is 2.18 bits per heavy atom. The number of phenolic OH excluding ortho intramolecular Hbond substituents is 1. The van der Waals surface area contributed by atoms with Gasteiger partial charge in [0.25, 0.3) is 0 Å². The largest absolute Gasteiger partial charge is 0.508 e. The van der Waals surface area contributed by atoms with Crippen molar-refractivity contribution in [2.45, 2.75) is 13.3 Å². The van der Waals surface area contributed by atoms with E-state index in [0.29, 0.717) is 5.82 Å². The molecule has 2 heterocycles. The summed E-state index contributed by atoms with van der Waals surface area (Å²) in [4.78, 5) is 7.54. The molecule has 4 nitrogen and oxygen atoms in total. The van der Waals surface area contributed by atoms with E-state index in [1.165, 1.54) is 0 Å². The molecule has 86 valence electrons. The van der Waals surface area contributed by atoms with E-state index in [-0.39, 0.29) is 5.75 Å². The highest BCUT2D eigenvalue weighted by Crippen LogP contribution is 2.24. The molecule has 0 bridgehead atoms. The predicted octanol–water partition coefficient (Wildman–Crippen LogP) is 3.09. The Labute approximate surface area is 97.9 Å². The number of hydrogen-bond acceptors (Lipinski definition) is 3. The third-order valence-electron chi connectivity index (χ3n) is 2.71. The average molecular weight is 228 g/mol. The van der Waals surface area contributed by atoms with Gasteiger partial charge in [-0.3, -0.25) is 0 Å². The Balaban J connectivity index is 2.11. The second kappa shape index (κ2) is 3.66. The summed E-state index contributed by atoms with van der Waals surface area (Å²) in [5.41, 5.74) is 1.61. The molecule has 3 aromatic rings. The lowest BCUT2D eigenvalue weighted by molar-refractivity contribution is 0.476. The maximum Gasteiger partial charge on any atom is 0.174 e. The topological polar surface area (TPSA) is 62.1 Å². The highest BCUT2D eigenvalue weighted by Gasteiger charge is 2.09. The Kier molecular flexibility index (Phi) is 2.14. The first-order chi connectivity index (χ1) is 8.26. The zero-order valence-electron chi connectivity index (χ0n) is 9.40. The van der Waals surface area contributed by atoms with E-state index in [1.807, 2.05) is 19.1 Å². The van der Waals surface area contributed by atoms with Crippen molar-refractivity contribution >= 4 is 11.0 Å². The van der Waals surface area contributed by atoms with Gasteiger partial charge in [0, 0.05) is 12.5 Å². The van der Waals surface area contributed by atoms with Crippen LogP contribution in [0.25, 0.3) is 22.6 Å². The molecule has 0 saturated carbocycles. The molecular formula is C13H12N2O2. The SMILES string of the molecule is CCc1ccc(-c2nc3ccc(O)cc3[nH]2)o1. The monoisotopic (exact) mass is 228 g/mol. The highest BCUT2D eigenvalue weighted by molar-refractivity contribution is 5.79. The number of aromatic nitrogens is 2. The summed E-state index contributed by atoms with van der Waals surface area (Å²) >= 11 is 0. The standard InChI is InChI=1S/C13H12N2O2/c1-2-9-4-6-12(17-9)13-14-10-5-3-8(16)7-11(10)15-13/h3-7,16H,2H2,1H3,(H,14,15). The van der Waals surface area contributed by atoms with Crippen LogP contribution in [0.4, 0.5) is 0 Å².